The molecule has 1 aliphatic carbocycles. The summed E-state index contributed by atoms with van der Waals surface area (Å²) in [5, 5.41) is 10.7. The van der Waals surface area contributed by atoms with Crippen LogP contribution in [0.1, 0.15) is 36.8 Å². The summed E-state index contributed by atoms with van der Waals surface area (Å²) in [4.78, 5) is 2.19. The van der Waals surface area contributed by atoms with Gasteiger partial charge >= 0.3 is 0 Å². The second kappa shape index (κ2) is 7.09. The predicted molar refractivity (Wildman–Crippen MR) is 102 cm³/mol. The first-order valence-electron chi connectivity index (χ1n) is 8.59. The van der Waals surface area contributed by atoms with Gasteiger partial charge in [-0.1, -0.05) is 31.0 Å². The van der Waals surface area contributed by atoms with Crippen LogP contribution in [-0.2, 0) is 0 Å². The lowest BCUT2D eigenvalue weighted by atomic mass is 9.98. The Labute approximate surface area is 153 Å². The molecule has 0 bridgehead atoms. The second-order valence-electron chi connectivity index (χ2n) is 6.81. The van der Waals surface area contributed by atoms with E-state index in [0.717, 1.165) is 29.7 Å². The molecule has 25 heavy (non-hydrogen) atoms. The van der Waals surface area contributed by atoms with E-state index in [0.29, 0.717) is 22.2 Å². The van der Waals surface area contributed by atoms with Crippen molar-refractivity contribution in [1.29, 1.82) is 0 Å². The quantitative estimate of drug-likeness (QED) is 0.723. The third-order valence-corrected chi connectivity index (χ3v) is 5.57. The van der Waals surface area contributed by atoms with Gasteiger partial charge in [-0.25, -0.2) is 4.39 Å². The summed E-state index contributed by atoms with van der Waals surface area (Å²) in [5.41, 5.74) is 3.20. The van der Waals surface area contributed by atoms with Gasteiger partial charge in [0.25, 0.3) is 0 Å². The monoisotopic (exact) mass is 359 g/mol. The van der Waals surface area contributed by atoms with Gasteiger partial charge in [0, 0.05) is 34.9 Å². The number of benzene rings is 2. The smallest absolute Gasteiger partial charge is 0.131 e. The van der Waals surface area contributed by atoms with Gasteiger partial charge < -0.3 is 10.0 Å². The summed E-state index contributed by atoms with van der Waals surface area (Å²) in [7, 11) is 2.04. The average molecular weight is 360 g/mol. The predicted octanol–water partition coefficient (Wildman–Crippen LogP) is 6.01. The molecule has 0 aromatic heterocycles. The highest BCUT2D eigenvalue weighted by atomic mass is 35.5. The lowest BCUT2D eigenvalue weighted by Crippen LogP contribution is -2.27. The minimum atomic E-state index is -0.393. The molecule has 0 amide bonds. The van der Waals surface area contributed by atoms with E-state index in [9.17, 15) is 9.50 Å². The van der Waals surface area contributed by atoms with Crippen LogP contribution in [0.3, 0.4) is 0 Å². The molecule has 3 rings (SSSR count). The van der Waals surface area contributed by atoms with E-state index in [-0.39, 0.29) is 5.75 Å². The Kier molecular flexibility index (Phi) is 5.05. The van der Waals surface area contributed by atoms with Crippen LogP contribution in [0.15, 0.2) is 36.9 Å². The zero-order chi connectivity index (χ0) is 18.1. The number of rotatable bonds is 4. The van der Waals surface area contributed by atoms with E-state index in [4.69, 9.17) is 11.6 Å². The van der Waals surface area contributed by atoms with Crippen LogP contribution < -0.4 is 0 Å². The Balaban J connectivity index is 1.98. The summed E-state index contributed by atoms with van der Waals surface area (Å²) < 4.78 is 14.4. The molecule has 2 aromatic rings. The Morgan fingerprint density at radius 2 is 1.88 bits per heavy atom. The number of nitrogens with zero attached hydrogens (tertiary/aromatic N) is 1. The molecule has 1 N–H and O–H groups in total. The highest BCUT2D eigenvalue weighted by molar-refractivity contribution is 6.31. The minimum Gasteiger partial charge on any atom is -0.507 e. The van der Waals surface area contributed by atoms with E-state index in [1.54, 1.807) is 31.2 Å². The summed E-state index contributed by atoms with van der Waals surface area (Å²) in [6, 6.07) is 8.55. The van der Waals surface area contributed by atoms with E-state index < -0.39 is 5.82 Å². The van der Waals surface area contributed by atoms with Crippen molar-refractivity contribution < 1.29 is 9.50 Å². The van der Waals surface area contributed by atoms with E-state index >= 15 is 0 Å². The molecule has 0 aliphatic heterocycles. The third kappa shape index (κ3) is 3.52. The molecule has 4 heteroatoms. The summed E-state index contributed by atoms with van der Waals surface area (Å²) in [6.07, 6.45) is 4.81. The molecule has 0 spiro atoms. The highest BCUT2D eigenvalue weighted by Crippen LogP contribution is 2.37. The number of hydrogen-bond acceptors (Lipinski definition) is 2. The topological polar surface area (TPSA) is 23.5 Å². The van der Waals surface area contributed by atoms with Crippen molar-refractivity contribution in [3.8, 4) is 16.9 Å². The molecule has 132 valence electrons. The van der Waals surface area contributed by atoms with Crippen LogP contribution in [0.4, 0.5) is 4.39 Å². The number of halogens is 2. The van der Waals surface area contributed by atoms with Crippen LogP contribution in [0.5, 0.6) is 5.75 Å². The van der Waals surface area contributed by atoms with Crippen molar-refractivity contribution in [3.05, 3.63) is 58.9 Å². The van der Waals surface area contributed by atoms with Gasteiger partial charge in [0.15, 0.2) is 0 Å². The summed E-state index contributed by atoms with van der Waals surface area (Å²) in [6.45, 7) is 6.01. The summed E-state index contributed by atoms with van der Waals surface area (Å²) in [5.74, 6) is -0.372. The maximum absolute atomic E-state index is 14.4. The molecule has 1 fully saturated rings. The third-order valence-electron chi connectivity index (χ3n) is 5.16. The molecular weight excluding hydrogens is 337 g/mol. The molecule has 1 aliphatic rings. The van der Waals surface area contributed by atoms with E-state index in [1.165, 1.54) is 18.9 Å². The second-order valence-corrected chi connectivity index (χ2v) is 7.22. The van der Waals surface area contributed by atoms with Crippen LogP contribution in [0.2, 0.25) is 5.02 Å². The zero-order valence-electron chi connectivity index (χ0n) is 14.6. The fourth-order valence-corrected chi connectivity index (χ4v) is 3.67. The highest BCUT2D eigenvalue weighted by Gasteiger charge is 2.22. The van der Waals surface area contributed by atoms with Gasteiger partial charge in [-0.3, -0.25) is 0 Å². The largest absolute Gasteiger partial charge is 0.507 e. The van der Waals surface area contributed by atoms with Crippen LogP contribution in [0, 0.1) is 12.7 Å². The SMILES string of the molecule is C=C(c1ccc(F)c(-c2cc(Cl)c(C)cc2O)c1)N(C)C1CCCC1. The van der Waals surface area contributed by atoms with Crippen molar-refractivity contribution in [1.82, 2.24) is 4.90 Å². The van der Waals surface area contributed by atoms with Crippen molar-refractivity contribution in [2.45, 2.75) is 38.6 Å². The van der Waals surface area contributed by atoms with Gasteiger partial charge in [0.05, 0.1) is 0 Å². The number of hydrogen-bond donors (Lipinski definition) is 1. The van der Waals surface area contributed by atoms with Crippen molar-refractivity contribution >= 4 is 17.3 Å². The first kappa shape index (κ1) is 17.8. The standard InChI is InChI=1S/C21H23ClFNO/c1-13-10-21(25)18(12-19(13)22)17-11-15(8-9-20(17)23)14(2)24(3)16-6-4-5-7-16/h8-12,16,25H,2,4-7H2,1,3H3. The molecule has 0 atom stereocenters. The Bertz CT molecular complexity index is 812. The molecule has 0 unspecified atom stereocenters. The maximum atomic E-state index is 14.4. The Morgan fingerprint density at radius 3 is 2.56 bits per heavy atom. The normalized spacial score (nSPS) is 14.7. The molecule has 2 nitrogen and oxygen atoms in total. The molecule has 0 radical (unpaired) electrons. The minimum absolute atomic E-state index is 0.0210. The molecule has 2 aromatic carbocycles. The van der Waals surface area contributed by atoms with Gasteiger partial charge in [-0.05, 0) is 61.2 Å². The number of phenolic OH excluding ortho intramolecular Hbond substituents is 1. The number of aromatic hydroxyl groups is 1. The lowest BCUT2D eigenvalue weighted by Gasteiger charge is -2.29. The van der Waals surface area contributed by atoms with Gasteiger partial charge in [0.2, 0.25) is 0 Å². The average Bonchev–Trinajstić information content (AvgIpc) is 3.12. The number of phenols is 1. The van der Waals surface area contributed by atoms with Crippen LogP contribution in [-0.4, -0.2) is 23.1 Å². The zero-order valence-corrected chi connectivity index (χ0v) is 15.4. The van der Waals surface area contributed by atoms with E-state index in [1.807, 2.05) is 7.05 Å². The Hall–Kier alpha value is -2.00. The van der Waals surface area contributed by atoms with Crippen LogP contribution in [0.25, 0.3) is 16.8 Å². The van der Waals surface area contributed by atoms with Crippen molar-refractivity contribution in [3.63, 3.8) is 0 Å². The maximum Gasteiger partial charge on any atom is 0.131 e. The first-order valence-corrected chi connectivity index (χ1v) is 8.97. The first-order chi connectivity index (χ1) is 11.9. The lowest BCUT2D eigenvalue weighted by molar-refractivity contribution is 0.354. The van der Waals surface area contributed by atoms with Gasteiger partial charge in [-0.2, -0.15) is 0 Å². The fraction of sp³-hybridized carbons (Fsp3) is 0.333. The summed E-state index contributed by atoms with van der Waals surface area (Å²) >= 11 is 6.17. The fourth-order valence-electron chi connectivity index (χ4n) is 3.51. The number of aryl methyl sites for hydroxylation is 1. The molecule has 0 saturated heterocycles. The van der Waals surface area contributed by atoms with E-state index in [2.05, 4.69) is 11.5 Å². The van der Waals surface area contributed by atoms with Crippen molar-refractivity contribution in [2.24, 2.45) is 0 Å². The molecule has 0 heterocycles. The Morgan fingerprint density at radius 1 is 1.20 bits per heavy atom. The van der Waals surface area contributed by atoms with Crippen LogP contribution >= 0.6 is 11.6 Å². The van der Waals surface area contributed by atoms with Gasteiger partial charge in [0.1, 0.15) is 11.6 Å². The van der Waals surface area contributed by atoms with Crippen molar-refractivity contribution in [2.75, 3.05) is 7.05 Å². The molecule has 1 saturated carbocycles. The molecular formula is C21H23ClFNO. The van der Waals surface area contributed by atoms with Gasteiger partial charge in [-0.15, -0.1) is 0 Å².